The molecule has 1 aliphatic rings. The van der Waals surface area contributed by atoms with Gasteiger partial charge in [-0.2, -0.15) is 0 Å². The van der Waals surface area contributed by atoms with Crippen LogP contribution in [0.4, 0.5) is 0 Å². The highest BCUT2D eigenvalue weighted by Gasteiger charge is 2.32. The minimum absolute atomic E-state index is 0.00774. The van der Waals surface area contributed by atoms with Crippen LogP contribution in [-0.2, 0) is 0 Å². The van der Waals surface area contributed by atoms with Crippen molar-refractivity contribution < 1.29 is 9.59 Å². The summed E-state index contributed by atoms with van der Waals surface area (Å²) in [5.41, 5.74) is 5.66. The van der Waals surface area contributed by atoms with Gasteiger partial charge in [0.25, 0.3) is 5.91 Å². The van der Waals surface area contributed by atoms with Crippen LogP contribution in [0.25, 0.3) is 0 Å². The number of amides is 1. The summed E-state index contributed by atoms with van der Waals surface area (Å²) in [5.74, 6) is 0.431. The van der Waals surface area contributed by atoms with Crippen molar-refractivity contribution in [3.05, 3.63) is 21.9 Å². The summed E-state index contributed by atoms with van der Waals surface area (Å²) in [4.78, 5) is 26.7. The second-order valence-electron chi connectivity index (χ2n) is 4.86. The van der Waals surface area contributed by atoms with Gasteiger partial charge in [-0.15, -0.1) is 11.3 Å². The Hall–Kier alpha value is -1.20. The summed E-state index contributed by atoms with van der Waals surface area (Å²) in [5, 5.41) is 0. The van der Waals surface area contributed by atoms with Gasteiger partial charge in [0.15, 0.2) is 5.78 Å². The maximum absolute atomic E-state index is 12.3. The third kappa shape index (κ3) is 2.47. The molecule has 98 valence electrons. The number of likely N-dealkylation sites (tertiary alicyclic amines) is 1. The van der Waals surface area contributed by atoms with Crippen molar-refractivity contribution in [1.82, 2.24) is 4.90 Å². The molecule has 18 heavy (non-hydrogen) atoms. The Balaban J connectivity index is 2.13. The quantitative estimate of drug-likeness (QED) is 0.848. The monoisotopic (exact) mass is 266 g/mol. The Morgan fingerprint density at radius 1 is 1.44 bits per heavy atom. The molecule has 0 spiro atoms. The molecule has 2 N–H and O–H groups in total. The van der Waals surface area contributed by atoms with E-state index >= 15 is 0 Å². The standard InChI is InChI=1S/C13H18N2O2S/c1-8-5-10(6-14)7-15(8)13(17)12-4-3-11(18-12)9(2)16/h3-4,8,10H,5-7,14H2,1-2H3. The lowest BCUT2D eigenvalue weighted by atomic mass is 10.1. The number of rotatable bonds is 3. The van der Waals surface area contributed by atoms with Crippen LogP contribution in [0.15, 0.2) is 12.1 Å². The maximum atomic E-state index is 12.3. The number of nitrogens with zero attached hydrogens (tertiary/aromatic N) is 1. The SMILES string of the molecule is CC(=O)c1ccc(C(=O)N2CC(CN)CC2C)s1. The predicted molar refractivity (Wildman–Crippen MR) is 72.0 cm³/mol. The zero-order chi connectivity index (χ0) is 13.3. The van der Waals surface area contributed by atoms with E-state index in [-0.39, 0.29) is 17.7 Å². The third-order valence-corrected chi connectivity index (χ3v) is 4.59. The lowest BCUT2D eigenvalue weighted by molar-refractivity contribution is 0.0748. The highest BCUT2D eigenvalue weighted by atomic mass is 32.1. The van der Waals surface area contributed by atoms with Gasteiger partial charge in [-0.05, 0) is 44.9 Å². The predicted octanol–water partition coefficient (Wildman–Crippen LogP) is 1.76. The molecule has 0 aliphatic carbocycles. The largest absolute Gasteiger partial charge is 0.335 e. The van der Waals surface area contributed by atoms with E-state index in [9.17, 15) is 9.59 Å². The van der Waals surface area contributed by atoms with Gasteiger partial charge in [0, 0.05) is 12.6 Å². The van der Waals surface area contributed by atoms with Crippen molar-refractivity contribution >= 4 is 23.0 Å². The van der Waals surface area contributed by atoms with E-state index in [0.717, 1.165) is 13.0 Å². The van der Waals surface area contributed by atoms with Gasteiger partial charge in [-0.1, -0.05) is 0 Å². The average molecular weight is 266 g/mol. The molecule has 2 atom stereocenters. The normalized spacial score (nSPS) is 23.4. The summed E-state index contributed by atoms with van der Waals surface area (Å²) in [7, 11) is 0. The molecule has 1 aromatic heterocycles. The zero-order valence-electron chi connectivity index (χ0n) is 10.7. The van der Waals surface area contributed by atoms with E-state index in [4.69, 9.17) is 5.73 Å². The average Bonchev–Trinajstić information content (AvgIpc) is 2.94. The molecule has 1 saturated heterocycles. The van der Waals surface area contributed by atoms with Gasteiger partial charge in [-0.25, -0.2) is 0 Å². The van der Waals surface area contributed by atoms with E-state index < -0.39 is 0 Å². The Morgan fingerprint density at radius 3 is 2.61 bits per heavy atom. The molecule has 0 aromatic carbocycles. The van der Waals surface area contributed by atoms with Crippen molar-refractivity contribution in [2.24, 2.45) is 11.7 Å². The maximum Gasteiger partial charge on any atom is 0.264 e. The van der Waals surface area contributed by atoms with Crippen LogP contribution in [0.5, 0.6) is 0 Å². The van der Waals surface area contributed by atoms with Crippen LogP contribution in [-0.4, -0.2) is 35.7 Å². The molecule has 0 radical (unpaired) electrons. The molecule has 4 nitrogen and oxygen atoms in total. The second-order valence-corrected chi connectivity index (χ2v) is 5.95. The molecule has 0 saturated carbocycles. The molecular formula is C13H18N2O2S. The number of ketones is 1. The van der Waals surface area contributed by atoms with Gasteiger partial charge < -0.3 is 10.6 Å². The van der Waals surface area contributed by atoms with E-state index in [1.165, 1.54) is 18.3 Å². The first-order chi connectivity index (χ1) is 8.52. The highest BCUT2D eigenvalue weighted by Crippen LogP contribution is 2.26. The molecular weight excluding hydrogens is 248 g/mol. The number of Topliss-reactive ketones (excluding diaryl/α,β-unsaturated/α-hetero) is 1. The number of nitrogens with two attached hydrogens (primary N) is 1. The van der Waals surface area contributed by atoms with Crippen molar-refractivity contribution in [1.29, 1.82) is 0 Å². The molecule has 2 rings (SSSR count). The van der Waals surface area contributed by atoms with E-state index in [0.29, 0.717) is 22.2 Å². The molecule has 0 bridgehead atoms. The number of carbonyl (C=O) groups excluding carboxylic acids is 2. The Kier molecular flexibility index (Phi) is 3.82. The molecule has 1 aromatic rings. The number of thiophene rings is 1. The molecule has 2 unspecified atom stereocenters. The minimum Gasteiger partial charge on any atom is -0.335 e. The number of hydrogen-bond donors (Lipinski definition) is 1. The summed E-state index contributed by atoms with van der Waals surface area (Å²) in [6.45, 7) is 4.91. The fraction of sp³-hybridized carbons (Fsp3) is 0.538. The van der Waals surface area contributed by atoms with Gasteiger partial charge in [0.2, 0.25) is 0 Å². The van der Waals surface area contributed by atoms with Gasteiger partial charge in [0.1, 0.15) is 0 Å². The Labute approximate surface area is 111 Å². The van der Waals surface area contributed by atoms with Crippen molar-refractivity contribution in [2.45, 2.75) is 26.3 Å². The Morgan fingerprint density at radius 2 is 2.11 bits per heavy atom. The summed E-state index contributed by atoms with van der Waals surface area (Å²) < 4.78 is 0. The fourth-order valence-electron chi connectivity index (χ4n) is 2.38. The fourth-order valence-corrected chi connectivity index (χ4v) is 3.24. The summed E-state index contributed by atoms with van der Waals surface area (Å²) >= 11 is 1.27. The first-order valence-corrected chi connectivity index (χ1v) is 6.96. The summed E-state index contributed by atoms with van der Waals surface area (Å²) in [6, 6.07) is 3.70. The molecule has 1 fully saturated rings. The van der Waals surface area contributed by atoms with Crippen molar-refractivity contribution in [3.8, 4) is 0 Å². The first-order valence-electron chi connectivity index (χ1n) is 6.14. The molecule has 2 heterocycles. The molecule has 5 heteroatoms. The van der Waals surface area contributed by atoms with Crippen LogP contribution in [0.2, 0.25) is 0 Å². The highest BCUT2D eigenvalue weighted by molar-refractivity contribution is 7.15. The second kappa shape index (κ2) is 5.20. The molecule has 1 amide bonds. The smallest absolute Gasteiger partial charge is 0.264 e. The van der Waals surface area contributed by atoms with Crippen LogP contribution >= 0.6 is 11.3 Å². The third-order valence-electron chi connectivity index (χ3n) is 3.42. The van der Waals surface area contributed by atoms with Crippen LogP contribution < -0.4 is 5.73 Å². The minimum atomic E-state index is 0.00774. The van der Waals surface area contributed by atoms with Gasteiger partial charge in [-0.3, -0.25) is 9.59 Å². The van der Waals surface area contributed by atoms with Crippen molar-refractivity contribution in [3.63, 3.8) is 0 Å². The number of hydrogen-bond acceptors (Lipinski definition) is 4. The van der Waals surface area contributed by atoms with E-state index in [1.807, 2.05) is 11.8 Å². The number of carbonyl (C=O) groups is 2. The molecule has 1 aliphatic heterocycles. The first kappa shape index (κ1) is 13.2. The lowest BCUT2D eigenvalue weighted by Crippen LogP contribution is -2.33. The van der Waals surface area contributed by atoms with Crippen LogP contribution in [0.3, 0.4) is 0 Å². The van der Waals surface area contributed by atoms with Crippen LogP contribution in [0.1, 0.15) is 39.6 Å². The topological polar surface area (TPSA) is 63.4 Å². The van der Waals surface area contributed by atoms with Crippen LogP contribution in [0, 0.1) is 5.92 Å². The zero-order valence-corrected chi connectivity index (χ0v) is 11.5. The van der Waals surface area contributed by atoms with Crippen molar-refractivity contribution in [2.75, 3.05) is 13.1 Å². The summed E-state index contributed by atoms with van der Waals surface area (Å²) in [6.07, 6.45) is 0.965. The van der Waals surface area contributed by atoms with E-state index in [2.05, 4.69) is 0 Å². The Bertz CT molecular complexity index is 469. The van der Waals surface area contributed by atoms with Gasteiger partial charge in [0.05, 0.1) is 9.75 Å². The van der Waals surface area contributed by atoms with Gasteiger partial charge >= 0.3 is 0 Å². The lowest BCUT2D eigenvalue weighted by Gasteiger charge is -2.20. The van der Waals surface area contributed by atoms with E-state index in [1.54, 1.807) is 12.1 Å².